The van der Waals surface area contributed by atoms with Crippen LogP contribution in [0.5, 0.6) is 0 Å². The van der Waals surface area contributed by atoms with E-state index in [1.807, 2.05) is 30.4 Å². The Hall–Kier alpha value is -2.90. The van der Waals surface area contributed by atoms with Gasteiger partial charge in [-0.2, -0.15) is 0 Å². The van der Waals surface area contributed by atoms with E-state index in [2.05, 4.69) is 6.92 Å². The zero-order valence-electron chi connectivity index (χ0n) is 14.8. The molecule has 2 saturated heterocycles. The molecule has 4 rings (SSSR count). The predicted molar refractivity (Wildman–Crippen MR) is 90.4 cm³/mol. The molecule has 2 aliphatic carbocycles. The second-order valence-electron chi connectivity index (χ2n) is 6.70. The van der Waals surface area contributed by atoms with Gasteiger partial charge in [-0.15, -0.1) is 0 Å². The predicted octanol–water partition coefficient (Wildman–Crippen LogP) is 2.62. The van der Waals surface area contributed by atoms with E-state index in [0.29, 0.717) is 0 Å². The van der Waals surface area contributed by atoms with E-state index in [-0.39, 0.29) is 50.5 Å². The second-order valence-corrected chi connectivity index (χ2v) is 6.70. The molecule has 27 heavy (non-hydrogen) atoms. The number of carbonyl (C=O) groups is 2. The lowest BCUT2D eigenvalue weighted by atomic mass is 9.79. The minimum absolute atomic E-state index is 0.0630. The first-order chi connectivity index (χ1) is 13.1. The van der Waals surface area contributed by atoms with Gasteiger partial charge >= 0.3 is 12.3 Å². The van der Waals surface area contributed by atoms with Crippen molar-refractivity contribution >= 4 is 12.3 Å². The molecule has 144 valence electrons. The summed E-state index contributed by atoms with van der Waals surface area (Å²) in [6.07, 6.45) is 7.73. The number of allylic oxidation sites excluding steroid dienone is 6. The topological polar surface area (TPSA) is 89.5 Å². The van der Waals surface area contributed by atoms with Crippen LogP contribution in [-0.2, 0) is 28.4 Å². The maximum atomic E-state index is 11.0. The van der Waals surface area contributed by atoms with Gasteiger partial charge in [0.1, 0.15) is 37.9 Å². The number of hydrogen-bond acceptors (Lipinski definition) is 8. The lowest BCUT2D eigenvalue weighted by molar-refractivity contribution is 0.0653. The van der Waals surface area contributed by atoms with Crippen LogP contribution in [0.15, 0.2) is 47.5 Å². The molecule has 4 atom stereocenters. The standard InChI is InChI=1S/C19H20O8/c1-11-5-13(22-7-14-9-24-18(20)26-14)6-12-3-2-4-16(17(11)12)23-8-15-10-25-19(21)27-15/h2-6,11,14-15,17H,7-10H2,1H3. The first-order valence-electron chi connectivity index (χ1n) is 8.82. The van der Waals surface area contributed by atoms with Crippen LogP contribution < -0.4 is 0 Å². The summed E-state index contributed by atoms with van der Waals surface area (Å²) in [5, 5.41) is 0. The molecule has 0 bridgehead atoms. The van der Waals surface area contributed by atoms with Crippen LogP contribution in [0.1, 0.15) is 6.92 Å². The van der Waals surface area contributed by atoms with Crippen molar-refractivity contribution in [2.45, 2.75) is 19.1 Å². The van der Waals surface area contributed by atoms with E-state index in [1.165, 1.54) is 0 Å². The van der Waals surface area contributed by atoms with Gasteiger partial charge in [0.2, 0.25) is 0 Å². The van der Waals surface area contributed by atoms with Crippen LogP contribution in [-0.4, -0.2) is 50.9 Å². The SMILES string of the molecule is CC1C=C(OCC2COC(=O)O2)C=C2C=CC=C(OCC3COC(=O)O3)C21. The molecule has 0 saturated carbocycles. The number of cyclic esters (lactones) is 4. The van der Waals surface area contributed by atoms with E-state index >= 15 is 0 Å². The number of carbonyl (C=O) groups excluding carboxylic acids is 2. The van der Waals surface area contributed by atoms with Crippen LogP contribution in [0.4, 0.5) is 9.59 Å². The van der Waals surface area contributed by atoms with Gasteiger partial charge in [0.25, 0.3) is 0 Å². The molecule has 4 unspecified atom stereocenters. The Labute approximate surface area is 156 Å². The lowest BCUT2D eigenvalue weighted by Crippen LogP contribution is -2.26. The maximum Gasteiger partial charge on any atom is 0.508 e. The van der Waals surface area contributed by atoms with Crippen molar-refractivity contribution in [3.8, 4) is 0 Å². The zero-order chi connectivity index (χ0) is 18.8. The molecule has 0 aromatic heterocycles. The first-order valence-corrected chi connectivity index (χ1v) is 8.82. The smallest absolute Gasteiger partial charge is 0.493 e. The van der Waals surface area contributed by atoms with Crippen LogP contribution in [0, 0.1) is 11.8 Å². The van der Waals surface area contributed by atoms with Gasteiger partial charge < -0.3 is 28.4 Å². The van der Waals surface area contributed by atoms with Crippen LogP contribution in [0.25, 0.3) is 0 Å². The van der Waals surface area contributed by atoms with Gasteiger partial charge in [-0.3, -0.25) is 0 Å². The third-order valence-corrected chi connectivity index (χ3v) is 4.65. The maximum absolute atomic E-state index is 11.0. The van der Waals surface area contributed by atoms with Crippen LogP contribution >= 0.6 is 0 Å². The lowest BCUT2D eigenvalue weighted by Gasteiger charge is -2.31. The van der Waals surface area contributed by atoms with Gasteiger partial charge in [-0.1, -0.05) is 19.1 Å². The molecule has 2 aliphatic heterocycles. The molecular weight excluding hydrogens is 356 g/mol. The fourth-order valence-corrected chi connectivity index (χ4v) is 3.39. The minimum Gasteiger partial charge on any atom is -0.493 e. The highest BCUT2D eigenvalue weighted by Crippen LogP contribution is 2.38. The van der Waals surface area contributed by atoms with Crippen molar-refractivity contribution in [3.05, 3.63) is 47.5 Å². The fourth-order valence-electron chi connectivity index (χ4n) is 3.39. The highest BCUT2D eigenvalue weighted by atomic mass is 16.8. The summed E-state index contributed by atoms with van der Waals surface area (Å²) in [4.78, 5) is 22.0. The number of rotatable bonds is 6. The van der Waals surface area contributed by atoms with Crippen molar-refractivity contribution in [2.75, 3.05) is 26.4 Å². The van der Waals surface area contributed by atoms with Crippen molar-refractivity contribution in [1.29, 1.82) is 0 Å². The molecule has 0 radical (unpaired) electrons. The first kappa shape index (κ1) is 17.5. The van der Waals surface area contributed by atoms with Crippen molar-refractivity contribution < 1.29 is 38.0 Å². The van der Waals surface area contributed by atoms with Gasteiger partial charge in [0, 0.05) is 5.92 Å². The second kappa shape index (κ2) is 7.38. The average molecular weight is 376 g/mol. The summed E-state index contributed by atoms with van der Waals surface area (Å²) >= 11 is 0. The zero-order valence-corrected chi connectivity index (χ0v) is 14.8. The molecule has 2 fully saturated rings. The summed E-state index contributed by atoms with van der Waals surface area (Å²) in [5.41, 5.74) is 1.07. The van der Waals surface area contributed by atoms with Gasteiger partial charge in [-0.05, 0) is 29.7 Å². The minimum atomic E-state index is -0.659. The van der Waals surface area contributed by atoms with Crippen molar-refractivity contribution in [2.24, 2.45) is 11.8 Å². The Morgan fingerprint density at radius 2 is 1.70 bits per heavy atom. The third kappa shape index (κ3) is 3.94. The summed E-state index contributed by atoms with van der Waals surface area (Å²) < 4.78 is 31.2. The van der Waals surface area contributed by atoms with E-state index in [0.717, 1.165) is 17.1 Å². The molecule has 0 N–H and O–H groups in total. The molecule has 8 nitrogen and oxygen atoms in total. The monoisotopic (exact) mass is 376 g/mol. The Kier molecular flexibility index (Phi) is 4.79. The number of fused-ring (bicyclic) bond motifs is 1. The van der Waals surface area contributed by atoms with Crippen LogP contribution in [0.2, 0.25) is 0 Å². The quantitative estimate of drug-likeness (QED) is 0.654. The van der Waals surface area contributed by atoms with E-state index in [1.54, 1.807) is 0 Å². The molecule has 0 amide bonds. The van der Waals surface area contributed by atoms with Crippen LogP contribution in [0.3, 0.4) is 0 Å². The summed E-state index contributed by atoms with van der Waals surface area (Å²) in [7, 11) is 0. The molecule has 8 heteroatoms. The molecule has 2 heterocycles. The number of hydrogen-bond donors (Lipinski definition) is 0. The third-order valence-electron chi connectivity index (χ3n) is 4.65. The average Bonchev–Trinajstić information content (AvgIpc) is 3.26. The molecule has 4 aliphatic rings. The summed E-state index contributed by atoms with van der Waals surface area (Å²) in [5.74, 6) is 1.74. The summed E-state index contributed by atoms with van der Waals surface area (Å²) in [6.45, 7) is 2.99. The van der Waals surface area contributed by atoms with Gasteiger partial charge in [-0.25, -0.2) is 9.59 Å². The normalized spacial score (nSPS) is 31.5. The summed E-state index contributed by atoms with van der Waals surface area (Å²) in [6, 6.07) is 0. The molecule has 0 aromatic rings. The van der Waals surface area contributed by atoms with Gasteiger partial charge in [0.15, 0.2) is 12.2 Å². The fraction of sp³-hybridized carbons (Fsp3) is 0.474. The highest BCUT2D eigenvalue weighted by molar-refractivity contribution is 5.62. The van der Waals surface area contributed by atoms with E-state index < -0.39 is 12.3 Å². The van der Waals surface area contributed by atoms with E-state index in [9.17, 15) is 9.59 Å². The molecule has 0 spiro atoms. The Balaban J connectivity index is 1.35. The molecular formula is C19H20O8. The van der Waals surface area contributed by atoms with Crippen molar-refractivity contribution in [1.82, 2.24) is 0 Å². The Bertz CT molecular complexity index is 747. The van der Waals surface area contributed by atoms with Gasteiger partial charge in [0.05, 0.1) is 0 Å². The van der Waals surface area contributed by atoms with E-state index in [4.69, 9.17) is 28.4 Å². The van der Waals surface area contributed by atoms with Crippen molar-refractivity contribution in [3.63, 3.8) is 0 Å². The largest absolute Gasteiger partial charge is 0.508 e. The Morgan fingerprint density at radius 3 is 2.33 bits per heavy atom. The molecule has 0 aromatic carbocycles. The highest BCUT2D eigenvalue weighted by Gasteiger charge is 2.33. The Morgan fingerprint density at radius 1 is 1.04 bits per heavy atom. The number of ether oxygens (including phenoxy) is 6.